The molecule has 0 spiro atoms. The number of rotatable bonds is 5. The largest absolute Gasteiger partial charge is 0.474 e. The van der Waals surface area contributed by atoms with Gasteiger partial charge in [-0.1, -0.05) is 19.0 Å². The summed E-state index contributed by atoms with van der Waals surface area (Å²) in [7, 11) is 0. The van der Waals surface area contributed by atoms with Gasteiger partial charge in [0.1, 0.15) is 0 Å². The maximum atomic E-state index is 5.64. The van der Waals surface area contributed by atoms with Crippen molar-refractivity contribution in [2.75, 3.05) is 11.4 Å². The van der Waals surface area contributed by atoms with Crippen LogP contribution in [0.1, 0.15) is 64.2 Å². The van der Waals surface area contributed by atoms with E-state index < -0.39 is 0 Å². The molecule has 23 heavy (non-hydrogen) atoms. The zero-order valence-electron chi connectivity index (χ0n) is 14.1. The van der Waals surface area contributed by atoms with E-state index in [1.807, 2.05) is 27.7 Å². The van der Waals surface area contributed by atoms with Crippen LogP contribution in [0.2, 0.25) is 0 Å². The molecule has 1 fully saturated rings. The zero-order chi connectivity index (χ0) is 16.4. The molecule has 0 saturated carbocycles. The molecule has 2 aromatic rings. The van der Waals surface area contributed by atoms with Gasteiger partial charge in [-0.05, 0) is 26.7 Å². The highest BCUT2D eigenvalue weighted by Crippen LogP contribution is 2.34. The Kier molecular flexibility index (Phi) is 4.45. The molecule has 1 saturated heterocycles. The van der Waals surface area contributed by atoms with Crippen LogP contribution in [0.25, 0.3) is 0 Å². The number of aromatic nitrogens is 4. The van der Waals surface area contributed by atoms with Gasteiger partial charge in [0.2, 0.25) is 11.8 Å². The van der Waals surface area contributed by atoms with Crippen LogP contribution in [0, 0.1) is 0 Å². The first-order valence-electron chi connectivity index (χ1n) is 8.13. The van der Waals surface area contributed by atoms with Crippen molar-refractivity contribution in [3.05, 3.63) is 24.1 Å². The van der Waals surface area contributed by atoms with Crippen molar-refractivity contribution in [3.63, 3.8) is 0 Å². The Bertz CT molecular complexity index is 655. The van der Waals surface area contributed by atoms with E-state index in [0.717, 1.165) is 31.0 Å². The van der Waals surface area contributed by atoms with E-state index in [-0.39, 0.29) is 18.1 Å². The summed E-state index contributed by atoms with van der Waals surface area (Å²) in [5.74, 6) is 2.97. The first kappa shape index (κ1) is 15.7. The van der Waals surface area contributed by atoms with E-state index in [4.69, 9.17) is 9.26 Å². The Hall–Kier alpha value is -2.18. The lowest BCUT2D eigenvalue weighted by Crippen LogP contribution is -2.25. The van der Waals surface area contributed by atoms with Gasteiger partial charge in [0.05, 0.1) is 24.5 Å². The third-order valence-corrected chi connectivity index (χ3v) is 3.75. The summed E-state index contributed by atoms with van der Waals surface area (Å²) in [6.45, 7) is 8.93. The van der Waals surface area contributed by atoms with Gasteiger partial charge in [-0.25, -0.2) is 0 Å². The molecule has 7 nitrogen and oxygen atoms in total. The molecule has 0 aromatic carbocycles. The minimum Gasteiger partial charge on any atom is -0.474 e. The number of hydrogen-bond donors (Lipinski definition) is 0. The van der Waals surface area contributed by atoms with Crippen LogP contribution in [0.5, 0.6) is 5.88 Å². The summed E-state index contributed by atoms with van der Waals surface area (Å²) in [6.07, 6.45) is 5.51. The van der Waals surface area contributed by atoms with Crippen LogP contribution in [0.4, 0.5) is 5.82 Å². The van der Waals surface area contributed by atoms with Crippen molar-refractivity contribution < 1.29 is 9.26 Å². The van der Waals surface area contributed by atoms with E-state index in [9.17, 15) is 0 Å². The Labute approximate surface area is 136 Å². The number of nitrogens with zero attached hydrogens (tertiary/aromatic N) is 5. The van der Waals surface area contributed by atoms with Crippen molar-refractivity contribution in [2.24, 2.45) is 0 Å². The van der Waals surface area contributed by atoms with Gasteiger partial charge >= 0.3 is 0 Å². The van der Waals surface area contributed by atoms with Crippen molar-refractivity contribution in [3.8, 4) is 5.88 Å². The molecule has 1 aliphatic rings. The predicted octanol–water partition coefficient (Wildman–Crippen LogP) is 3.11. The number of ether oxygens (including phenoxy) is 1. The average molecular weight is 317 g/mol. The van der Waals surface area contributed by atoms with E-state index in [0.29, 0.717) is 11.8 Å². The second kappa shape index (κ2) is 6.52. The Morgan fingerprint density at radius 2 is 2.04 bits per heavy atom. The summed E-state index contributed by atoms with van der Waals surface area (Å²) < 4.78 is 11.0. The SMILES string of the molecule is CC(C)Oc1cncc(N2CCCC2c2noc(C(C)C)n2)n1. The molecule has 0 N–H and O–H groups in total. The molecule has 0 radical (unpaired) electrons. The highest BCUT2D eigenvalue weighted by atomic mass is 16.5. The summed E-state index contributed by atoms with van der Waals surface area (Å²) >= 11 is 0. The third-order valence-electron chi connectivity index (χ3n) is 3.75. The fraction of sp³-hybridized carbons (Fsp3) is 0.625. The lowest BCUT2D eigenvalue weighted by molar-refractivity contribution is 0.231. The first-order chi connectivity index (χ1) is 11.0. The van der Waals surface area contributed by atoms with Gasteiger partial charge < -0.3 is 14.2 Å². The highest BCUT2D eigenvalue weighted by molar-refractivity contribution is 5.41. The molecular formula is C16H23N5O2. The van der Waals surface area contributed by atoms with E-state index in [1.54, 1.807) is 12.4 Å². The van der Waals surface area contributed by atoms with Gasteiger partial charge in [0, 0.05) is 12.5 Å². The summed E-state index contributed by atoms with van der Waals surface area (Å²) in [6, 6.07) is 0.0786. The Balaban J connectivity index is 1.83. The highest BCUT2D eigenvalue weighted by Gasteiger charge is 2.31. The molecule has 0 amide bonds. The van der Waals surface area contributed by atoms with Gasteiger partial charge in [0.25, 0.3) is 0 Å². The van der Waals surface area contributed by atoms with Gasteiger partial charge in [0.15, 0.2) is 11.6 Å². The molecule has 3 heterocycles. The number of hydrogen-bond acceptors (Lipinski definition) is 7. The van der Waals surface area contributed by atoms with Crippen molar-refractivity contribution >= 4 is 5.82 Å². The Morgan fingerprint density at radius 1 is 1.22 bits per heavy atom. The molecule has 124 valence electrons. The number of anilines is 1. The predicted molar refractivity (Wildman–Crippen MR) is 85.5 cm³/mol. The van der Waals surface area contributed by atoms with Gasteiger partial charge in [-0.3, -0.25) is 4.98 Å². The third kappa shape index (κ3) is 3.43. The monoisotopic (exact) mass is 317 g/mol. The standard InChI is InChI=1S/C16H23N5O2/c1-10(2)16-19-15(20-23-16)12-6-5-7-21(12)13-8-17-9-14(18-13)22-11(3)4/h8-12H,5-7H2,1-4H3. The maximum absolute atomic E-state index is 5.64. The molecule has 2 aromatic heterocycles. The molecular weight excluding hydrogens is 294 g/mol. The average Bonchev–Trinajstić information content (AvgIpc) is 3.16. The summed E-state index contributed by atoms with van der Waals surface area (Å²) in [5.41, 5.74) is 0. The zero-order valence-corrected chi connectivity index (χ0v) is 14.1. The van der Waals surface area contributed by atoms with Crippen molar-refractivity contribution in [2.45, 2.75) is 58.6 Å². The Morgan fingerprint density at radius 3 is 2.74 bits per heavy atom. The van der Waals surface area contributed by atoms with Gasteiger partial charge in [-0.2, -0.15) is 9.97 Å². The normalized spacial score (nSPS) is 18.2. The van der Waals surface area contributed by atoms with Crippen LogP contribution >= 0.6 is 0 Å². The minimum atomic E-state index is 0.0692. The van der Waals surface area contributed by atoms with E-state index in [2.05, 4.69) is 25.0 Å². The van der Waals surface area contributed by atoms with E-state index >= 15 is 0 Å². The molecule has 1 aliphatic heterocycles. The van der Waals surface area contributed by atoms with Crippen LogP contribution in [0.3, 0.4) is 0 Å². The molecule has 0 aliphatic carbocycles. The minimum absolute atomic E-state index is 0.0692. The summed E-state index contributed by atoms with van der Waals surface area (Å²) in [5, 5.41) is 4.16. The molecule has 3 rings (SSSR count). The quantitative estimate of drug-likeness (QED) is 0.838. The van der Waals surface area contributed by atoms with Crippen molar-refractivity contribution in [1.82, 2.24) is 20.1 Å². The second-order valence-corrected chi connectivity index (χ2v) is 6.38. The molecule has 1 atom stereocenters. The second-order valence-electron chi connectivity index (χ2n) is 6.38. The lowest BCUT2D eigenvalue weighted by Gasteiger charge is -2.23. The maximum Gasteiger partial charge on any atom is 0.234 e. The molecule has 1 unspecified atom stereocenters. The fourth-order valence-corrected chi connectivity index (χ4v) is 2.70. The smallest absolute Gasteiger partial charge is 0.234 e. The lowest BCUT2D eigenvalue weighted by atomic mass is 10.2. The topological polar surface area (TPSA) is 77.2 Å². The summed E-state index contributed by atoms with van der Waals surface area (Å²) in [4.78, 5) is 15.5. The van der Waals surface area contributed by atoms with Crippen LogP contribution in [-0.2, 0) is 0 Å². The molecule has 0 bridgehead atoms. The fourth-order valence-electron chi connectivity index (χ4n) is 2.70. The van der Waals surface area contributed by atoms with Crippen LogP contribution in [-0.4, -0.2) is 32.8 Å². The van der Waals surface area contributed by atoms with Crippen molar-refractivity contribution in [1.29, 1.82) is 0 Å². The van der Waals surface area contributed by atoms with Crippen LogP contribution < -0.4 is 9.64 Å². The van der Waals surface area contributed by atoms with Gasteiger partial charge in [-0.15, -0.1) is 0 Å². The first-order valence-corrected chi connectivity index (χ1v) is 8.13. The van der Waals surface area contributed by atoms with E-state index in [1.165, 1.54) is 0 Å². The van der Waals surface area contributed by atoms with Crippen LogP contribution in [0.15, 0.2) is 16.9 Å². The molecule has 7 heteroatoms.